The molecule has 0 aliphatic carbocycles. The van der Waals surface area contributed by atoms with Gasteiger partial charge in [-0.15, -0.1) is 0 Å². The maximum absolute atomic E-state index is 8.80. The first-order chi connectivity index (χ1) is 7.78. The topological polar surface area (TPSA) is 38.7 Å². The van der Waals surface area contributed by atoms with Crippen LogP contribution >= 0.6 is 0 Å². The van der Waals surface area contributed by atoms with E-state index in [4.69, 9.17) is 14.6 Å². The summed E-state index contributed by atoms with van der Waals surface area (Å²) in [5.74, 6) is 0. The van der Waals surface area contributed by atoms with Gasteiger partial charge in [0.1, 0.15) is 0 Å². The molecule has 0 aromatic heterocycles. The van der Waals surface area contributed by atoms with Gasteiger partial charge >= 0.3 is 0 Å². The third-order valence-corrected chi connectivity index (χ3v) is 2.75. The highest BCUT2D eigenvalue weighted by Gasteiger charge is 2.25. The normalized spacial score (nSPS) is 24.9. The number of aliphatic hydroxyl groups is 1. The van der Waals surface area contributed by atoms with Crippen LogP contribution in [0.25, 0.3) is 0 Å². The Morgan fingerprint density at radius 3 is 3.06 bits per heavy atom. The van der Waals surface area contributed by atoms with Crippen LogP contribution in [0.5, 0.6) is 0 Å². The standard InChI is InChI=1S/C13H18O3/c1-10-3-2-4-11(7-10)8-13-15-9-12(16-13)5-6-14/h2-4,7,12-14H,5-6,8-9H2,1H3. The Labute approximate surface area is 96.0 Å². The minimum absolute atomic E-state index is 0.0554. The van der Waals surface area contributed by atoms with Crippen LogP contribution in [0.1, 0.15) is 17.5 Å². The Morgan fingerprint density at radius 1 is 1.44 bits per heavy atom. The van der Waals surface area contributed by atoms with Crippen LogP contribution in [0, 0.1) is 6.92 Å². The first-order valence-electron chi connectivity index (χ1n) is 5.71. The summed E-state index contributed by atoms with van der Waals surface area (Å²) in [7, 11) is 0. The van der Waals surface area contributed by atoms with Gasteiger partial charge < -0.3 is 14.6 Å². The van der Waals surface area contributed by atoms with Crippen LogP contribution in [0.15, 0.2) is 24.3 Å². The van der Waals surface area contributed by atoms with Crippen molar-refractivity contribution in [3.8, 4) is 0 Å². The van der Waals surface area contributed by atoms with Gasteiger partial charge in [-0.05, 0) is 18.9 Å². The number of benzene rings is 1. The second-order valence-corrected chi connectivity index (χ2v) is 4.23. The minimum atomic E-state index is -0.154. The number of aliphatic hydroxyl groups excluding tert-OH is 1. The Hall–Kier alpha value is -0.900. The van der Waals surface area contributed by atoms with Gasteiger partial charge in [0.25, 0.3) is 0 Å². The fourth-order valence-electron chi connectivity index (χ4n) is 1.94. The molecule has 0 bridgehead atoms. The highest BCUT2D eigenvalue weighted by Crippen LogP contribution is 2.18. The van der Waals surface area contributed by atoms with Crippen molar-refractivity contribution in [3.63, 3.8) is 0 Å². The molecule has 2 unspecified atom stereocenters. The van der Waals surface area contributed by atoms with E-state index >= 15 is 0 Å². The lowest BCUT2D eigenvalue weighted by atomic mass is 10.1. The van der Waals surface area contributed by atoms with Crippen molar-refractivity contribution in [3.05, 3.63) is 35.4 Å². The quantitative estimate of drug-likeness (QED) is 0.842. The fraction of sp³-hybridized carbons (Fsp3) is 0.538. The number of hydrogen-bond donors (Lipinski definition) is 1. The van der Waals surface area contributed by atoms with Crippen molar-refractivity contribution in [1.29, 1.82) is 0 Å². The first kappa shape index (κ1) is 11.6. The third kappa shape index (κ3) is 3.04. The lowest BCUT2D eigenvalue weighted by Gasteiger charge is -2.11. The van der Waals surface area contributed by atoms with E-state index in [0.29, 0.717) is 13.0 Å². The van der Waals surface area contributed by atoms with E-state index in [-0.39, 0.29) is 19.0 Å². The van der Waals surface area contributed by atoms with Crippen LogP contribution in [0.4, 0.5) is 0 Å². The SMILES string of the molecule is Cc1cccc(CC2OCC(CCO)O2)c1. The van der Waals surface area contributed by atoms with Crippen molar-refractivity contribution in [2.24, 2.45) is 0 Å². The molecule has 1 aliphatic rings. The summed E-state index contributed by atoms with van der Waals surface area (Å²) in [4.78, 5) is 0. The van der Waals surface area contributed by atoms with Crippen molar-refractivity contribution >= 4 is 0 Å². The molecule has 2 atom stereocenters. The van der Waals surface area contributed by atoms with E-state index in [1.807, 2.05) is 6.07 Å². The lowest BCUT2D eigenvalue weighted by molar-refractivity contribution is -0.0583. The van der Waals surface area contributed by atoms with Gasteiger partial charge in [0.05, 0.1) is 12.7 Å². The molecule has 1 N–H and O–H groups in total. The van der Waals surface area contributed by atoms with E-state index in [1.54, 1.807) is 0 Å². The van der Waals surface area contributed by atoms with Crippen LogP contribution in [0.2, 0.25) is 0 Å². The molecule has 1 aliphatic heterocycles. The van der Waals surface area contributed by atoms with Crippen molar-refractivity contribution < 1.29 is 14.6 Å². The number of hydrogen-bond acceptors (Lipinski definition) is 3. The van der Waals surface area contributed by atoms with Crippen LogP contribution in [0.3, 0.4) is 0 Å². The van der Waals surface area contributed by atoms with Gasteiger partial charge in [0.2, 0.25) is 0 Å². The van der Waals surface area contributed by atoms with Gasteiger partial charge in [-0.2, -0.15) is 0 Å². The van der Waals surface area contributed by atoms with Crippen molar-refractivity contribution in [1.82, 2.24) is 0 Å². The average molecular weight is 222 g/mol. The summed E-state index contributed by atoms with van der Waals surface area (Å²) >= 11 is 0. The molecular weight excluding hydrogens is 204 g/mol. The molecule has 3 heteroatoms. The second-order valence-electron chi connectivity index (χ2n) is 4.23. The Morgan fingerprint density at radius 2 is 2.31 bits per heavy atom. The molecule has 3 nitrogen and oxygen atoms in total. The second kappa shape index (κ2) is 5.43. The third-order valence-electron chi connectivity index (χ3n) is 2.75. The summed E-state index contributed by atoms with van der Waals surface area (Å²) in [6.45, 7) is 2.83. The van der Waals surface area contributed by atoms with E-state index in [0.717, 1.165) is 6.42 Å². The molecule has 0 radical (unpaired) electrons. The van der Waals surface area contributed by atoms with Gasteiger partial charge in [0, 0.05) is 13.0 Å². The fourth-order valence-corrected chi connectivity index (χ4v) is 1.94. The zero-order valence-electron chi connectivity index (χ0n) is 9.56. The number of ether oxygens (including phenoxy) is 2. The van der Waals surface area contributed by atoms with Crippen LogP contribution < -0.4 is 0 Å². The van der Waals surface area contributed by atoms with Crippen molar-refractivity contribution in [2.75, 3.05) is 13.2 Å². The molecule has 1 saturated heterocycles. The maximum atomic E-state index is 8.80. The van der Waals surface area contributed by atoms with Gasteiger partial charge in [-0.3, -0.25) is 0 Å². The molecule has 2 rings (SSSR count). The molecule has 16 heavy (non-hydrogen) atoms. The monoisotopic (exact) mass is 222 g/mol. The van der Waals surface area contributed by atoms with E-state index in [2.05, 4.69) is 25.1 Å². The smallest absolute Gasteiger partial charge is 0.162 e. The predicted molar refractivity (Wildman–Crippen MR) is 61.2 cm³/mol. The van der Waals surface area contributed by atoms with Crippen LogP contribution in [-0.4, -0.2) is 30.7 Å². The summed E-state index contributed by atoms with van der Waals surface area (Å²) in [5.41, 5.74) is 2.48. The van der Waals surface area contributed by atoms with Gasteiger partial charge in [-0.25, -0.2) is 0 Å². The molecule has 0 spiro atoms. The van der Waals surface area contributed by atoms with Gasteiger partial charge in [-0.1, -0.05) is 29.8 Å². The molecule has 1 heterocycles. The number of aryl methyl sites for hydroxylation is 1. The van der Waals surface area contributed by atoms with E-state index in [1.165, 1.54) is 11.1 Å². The molecule has 0 saturated carbocycles. The van der Waals surface area contributed by atoms with Gasteiger partial charge in [0.15, 0.2) is 6.29 Å². The summed E-state index contributed by atoms with van der Waals surface area (Å²) in [5, 5.41) is 8.80. The molecule has 1 fully saturated rings. The molecule has 1 aromatic rings. The Bertz CT molecular complexity index is 338. The largest absolute Gasteiger partial charge is 0.396 e. The molecule has 0 amide bonds. The Kier molecular flexibility index (Phi) is 3.93. The molecular formula is C13H18O3. The Balaban J connectivity index is 1.87. The van der Waals surface area contributed by atoms with E-state index in [9.17, 15) is 0 Å². The van der Waals surface area contributed by atoms with Crippen molar-refractivity contribution in [2.45, 2.75) is 32.2 Å². The average Bonchev–Trinajstić information content (AvgIpc) is 2.66. The zero-order valence-corrected chi connectivity index (χ0v) is 9.56. The predicted octanol–water partition coefficient (Wildman–Crippen LogP) is 1.66. The zero-order chi connectivity index (χ0) is 11.4. The number of rotatable bonds is 4. The lowest BCUT2D eigenvalue weighted by Crippen LogP contribution is -2.15. The first-order valence-corrected chi connectivity index (χ1v) is 5.71. The molecule has 1 aromatic carbocycles. The highest BCUT2D eigenvalue weighted by molar-refractivity contribution is 5.22. The van der Waals surface area contributed by atoms with Crippen LogP contribution in [-0.2, 0) is 15.9 Å². The maximum Gasteiger partial charge on any atom is 0.162 e. The summed E-state index contributed by atoms with van der Waals surface area (Å²) in [6.07, 6.45) is 1.34. The molecule has 88 valence electrons. The summed E-state index contributed by atoms with van der Waals surface area (Å²) in [6, 6.07) is 8.35. The highest BCUT2D eigenvalue weighted by atomic mass is 16.7. The minimum Gasteiger partial charge on any atom is -0.396 e. The summed E-state index contributed by atoms with van der Waals surface area (Å²) < 4.78 is 11.2. The van der Waals surface area contributed by atoms with E-state index < -0.39 is 0 Å².